The quantitative estimate of drug-likeness (QED) is 0.147. The number of ether oxygens (including phenoxy) is 4. The van der Waals surface area contributed by atoms with Gasteiger partial charge >= 0.3 is 0 Å². The molecule has 3 aromatic rings. The van der Waals surface area contributed by atoms with Crippen molar-refractivity contribution in [1.82, 2.24) is 5.32 Å². The first-order chi connectivity index (χ1) is 27.1. The summed E-state index contributed by atoms with van der Waals surface area (Å²) in [5.41, 5.74) is 0.612. The molecule has 4 aliphatic heterocycles. The Morgan fingerprint density at radius 3 is 2.43 bits per heavy atom. The number of hydrogen-bond acceptors (Lipinski definition) is 13. The highest BCUT2D eigenvalue weighted by molar-refractivity contribution is 6.68. The molecule has 3 aromatic carbocycles. The number of guanidine groups is 1. The number of allylic oxidation sites excluding steroid dienone is 1. The number of amides is 1. The summed E-state index contributed by atoms with van der Waals surface area (Å²) in [5, 5.41) is 54.5. The number of carbonyl (C=O) groups is 3. The minimum absolute atomic E-state index is 0.00211. The zero-order valence-electron chi connectivity index (χ0n) is 29.8. The van der Waals surface area contributed by atoms with Crippen molar-refractivity contribution in [1.29, 1.82) is 5.41 Å². The lowest BCUT2D eigenvalue weighted by atomic mass is 9.79. The summed E-state index contributed by atoms with van der Waals surface area (Å²) in [6.07, 6.45) is -2.26. The Labute approximate surface area is 319 Å². The number of benzene rings is 3. The molecule has 2 fully saturated rings. The maximum Gasteiger partial charge on any atom is 0.284 e. The molecule has 1 saturated carbocycles. The minimum Gasteiger partial charge on any atom is -0.492 e. The van der Waals surface area contributed by atoms with Crippen molar-refractivity contribution in [3.05, 3.63) is 100 Å². The van der Waals surface area contributed by atoms with Gasteiger partial charge in [0.2, 0.25) is 18.0 Å². The number of nitrogens with zero attached hydrogens (tertiary/aromatic N) is 2. The molecule has 9 rings (SSSR count). The van der Waals surface area contributed by atoms with E-state index >= 15 is 0 Å². The molecule has 16 nitrogen and oxygen atoms in total. The van der Waals surface area contributed by atoms with Gasteiger partial charge in [0, 0.05) is 33.7 Å². The average molecular weight is 765 g/mol. The SMILES string of the molecule is N=C1N=C2C(=NC[NH+]2c2ccccc2[C@@H]2/C=C/OC3(CCCC3)[C@@H]3O[C@H](Oc4c2cc2c(c4OCCO)C(=O)c4ccccc4C2=O)[C@@H](O)[C@H](O)[C@H]3O)C(=O)N1. The Bertz CT molecular complexity index is 2280. The number of ketones is 2. The topological polar surface area (TPSA) is 234 Å². The fourth-order valence-corrected chi connectivity index (χ4v) is 8.74. The second kappa shape index (κ2) is 13.8. The number of rotatable bonds is 5. The molecule has 2 bridgehead atoms. The van der Waals surface area contributed by atoms with Gasteiger partial charge < -0.3 is 39.4 Å². The predicted molar refractivity (Wildman–Crippen MR) is 196 cm³/mol. The molecule has 1 saturated heterocycles. The average Bonchev–Trinajstić information content (AvgIpc) is 3.86. The lowest BCUT2D eigenvalue weighted by Crippen LogP contribution is -3.09. The third-order valence-electron chi connectivity index (χ3n) is 11.4. The molecule has 288 valence electrons. The second-order valence-corrected chi connectivity index (χ2v) is 14.5. The Balaban J connectivity index is 1.30. The van der Waals surface area contributed by atoms with Crippen molar-refractivity contribution in [3.63, 3.8) is 0 Å². The van der Waals surface area contributed by atoms with Crippen molar-refractivity contribution in [2.24, 2.45) is 9.98 Å². The third-order valence-corrected chi connectivity index (χ3v) is 11.4. The number of aliphatic hydroxyl groups is 4. The van der Waals surface area contributed by atoms with Gasteiger partial charge in [-0.3, -0.25) is 25.1 Å². The number of nitrogens with one attached hydrogen (secondary N) is 3. The van der Waals surface area contributed by atoms with Crippen molar-refractivity contribution in [2.45, 2.75) is 67.9 Å². The van der Waals surface area contributed by atoms with Crippen LogP contribution in [0.15, 0.2) is 76.9 Å². The zero-order valence-corrected chi connectivity index (χ0v) is 29.8. The first-order valence-corrected chi connectivity index (χ1v) is 18.4. The molecular weight excluding hydrogens is 726 g/mol. The molecule has 1 unspecified atom stereocenters. The molecule has 1 amide bonds. The molecule has 6 aliphatic rings. The maximum atomic E-state index is 14.3. The standard InChI is InChI=1S/C40H37N5O11/c41-39-43-36-27(37(52)44-39)42-18-45(36)25-10-4-3-7-20(25)19-11-15-54-40(12-5-6-13-40)35-31(50)30(49)32(51)38(56-35)55-33-23(19)17-24-26(34(33)53-16-14-46)29(48)22-9-2-1-8-21(22)28(24)47/h1-4,7-11,15,17,19,30-32,35,38,46,49-51H,5-6,12-14,16,18H2,(H2,41,44,52)/p+1/b15-11+/t19-,30+,31+,32-,35+,38-/m0/s1. The van der Waals surface area contributed by atoms with E-state index in [4.69, 9.17) is 24.4 Å². The van der Waals surface area contributed by atoms with Gasteiger partial charge in [0.1, 0.15) is 42.3 Å². The van der Waals surface area contributed by atoms with Gasteiger partial charge in [-0.05, 0) is 43.9 Å². The number of aliphatic hydroxyl groups excluding tert-OH is 4. The monoisotopic (exact) mass is 764 g/mol. The number of quaternary nitrogens is 1. The van der Waals surface area contributed by atoms with E-state index in [0.717, 1.165) is 12.8 Å². The van der Waals surface area contributed by atoms with Crippen molar-refractivity contribution in [3.8, 4) is 11.5 Å². The van der Waals surface area contributed by atoms with E-state index in [9.17, 15) is 34.8 Å². The van der Waals surface area contributed by atoms with E-state index in [1.807, 2.05) is 12.1 Å². The van der Waals surface area contributed by atoms with Crippen LogP contribution in [0.25, 0.3) is 0 Å². The fourth-order valence-electron chi connectivity index (χ4n) is 8.74. The number of amidine groups is 1. The van der Waals surface area contributed by atoms with Gasteiger partial charge in [-0.25, -0.2) is 9.89 Å². The first kappa shape index (κ1) is 36.0. The summed E-state index contributed by atoms with van der Waals surface area (Å²) < 4.78 is 25.7. The van der Waals surface area contributed by atoms with Gasteiger partial charge in [0.15, 0.2) is 29.7 Å². The summed E-state index contributed by atoms with van der Waals surface area (Å²) in [6, 6.07) is 15.2. The molecular formula is C40H38N5O11+. The van der Waals surface area contributed by atoms with Crippen LogP contribution in [0.1, 0.15) is 74.6 Å². The third kappa shape index (κ3) is 5.59. The summed E-state index contributed by atoms with van der Waals surface area (Å²) >= 11 is 0. The van der Waals surface area contributed by atoms with Crippen molar-refractivity contribution >= 4 is 40.7 Å². The minimum atomic E-state index is -1.79. The van der Waals surface area contributed by atoms with Crippen LogP contribution >= 0.6 is 0 Å². The molecule has 0 aromatic heterocycles. The predicted octanol–water partition coefficient (Wildman–Crippen LogP) is 0.400. The molecule has 56 heavy (non-hydrogen) atoms. The van der Waals surface area contributed by atoms with E-state index in [1.54, 1.807) is 36.4 Å². The van der Waals surface area contributed by atoms with E-state index in [2.05, 4.69) is 15.3 Å². The molecule has 1 spiro atoms. The first-order valence-electron chi connectivity index (χ1n) is 18.4. The number of aliphatic imine (C=N–C) groups is 2. The van der Waals surface area contributed by atoms with Crippen LogP contribution in [0.3, 0.4) is 0 Å². The second-order valence-electron chi connectivity index (χ2n) is 14.5. The van der Waals surface area contributed by atoms with E-state index in [-0.39, 0.29) is 70.1 Å². The van der Waals surface area contributed by atoms with Crippen LogP contribution in [0.5, 0.6) is 11.5 Å². The molecule has 16 heteroatoms. The Morgan fingerprint density at radius 2 is 1.66 bits per heavy atom. The van der Waals surface area contributed by atoms with E-state index in [0.29, 0.717) is 29.0 Å². The summed E-state index contributed by atoms with van der Waals surface area (Å²) in [4.78, 5) is 50.8. The summed E-state index contributed by atoms with van der Waals surface area (Å²) in [6.45, 7) is -0.715. The highest BCUT2D eigenvalue weighted by atomic mass is 16.7. The maximum absolute atomic E-state index is 14.3. The highest BCUT2D eigenvalue weighted by Gasteiger charge is 2.56. The normalized spacial score (nSPS) is 29.3. The van der Waals surface area contributed by atoms with Gasteiger partial charge in [-0.2, -0.15) is 4.99 Å². The van der Waals surface area contributed by atoms with Crippen LogP contribution in [0, 0.1) is 5.41 Å². The van der Waals surface area contributed by atoms with E-state index < -0.39 is 66.3 Å². The molecule has 7 atom stereocenters. The number of fused-ring (bicyclic) bond motifs is 7. The van der Waals surface area contributed by atoms with Crippen LogP contribution in [0.4, 0.5) is 5.69 Å². The van der Waals surface area contributed by atoms with Gasteiger partial charge in [-0.15, -0.1) is 0 Å². The Hall–Kier alpha value is -5.62. The Kier molecular flexibility index (Phi) is 8.91. The van der Waals surface area contributed by atoms with Crippen molar-refractivity contribution < 1.29 is 58.7 Å². The summed E-state index contributed by atoms with van der Waals surface area (Å²) in [7, 11) is 0. The largest absolute Gasteiger partial charge is 0.492 e. The van der Waals surface area contributed by atoms with Gasteiger partial charge in [0.25, 0.3) is 11.7 Å². The number of hydrogen-bond donors (Lipinski definition) is 7. The molecule has 0 radical (unpaired) electrons. The fraction of sp³-hybridized carbons (Fsp3) is 0.350. The van der Waals surface area contributed by atoms with Crippen LogP contribution in [-0.2, 0) is 14.3 Å². The molecule has 4 heterocycles. The number of carbonyl (C=O) groups excluding carboxylic acids is 3. The molecule has 2 aliphatic carbocycles. The van der Waals surface area contributed by atoms with E-state index in [1.165, 1.54) is 18.4 Å². The lowest BCUT2D eigenvalue weighted by molar-refractivity contribution is -0.723. The molecule has 7 N–H and O–H groups in total. The lowest BCUT2D eigenvalue weighted by Gasteiger charge is -2.47. The number of para-hydroxylation sites is 1. The highest BCUT2D eigenvalue weighted by Crippen LogP contribution is 2.50. The van der Waals surface area contributed by atoms with Gasteiger partial charge in [-0.1, -0.05) is 42.5 Å². The van der Waals surface area contributed by atoms with Gasteiger partial charge in [0.05, 0.1) is 18.4 Å². The van der Waals surface area contributed by atoms with Crippen LogP contribution in [0.2, 0.25) is 0 Å². The smallest absolute Gasteiger partial charge is 0.284 e. The van der Waals surface area contributed by atoms with Crippen molar-refractivity contribution in [2.75, 3.05) is 19.9 Å². The van der Waals surface area contributed by atoms with Crippen LogP contribution in [-0.4, -0.2) is 112 Å². The Morgan fingerprint density at radius 1 is 0.929 bits per heavy atom. The van der Waals surface area contributed by atoms with Crippen LogP contribution < -0.4 is 19.7 Å². The zero-order chi connectivity index (χ0) is 38.9. The summed E-state index contributed by atoms with van der Waals surface area (Å²) in [5.74, 6) is -2.85.